The van der Waals surface area contributed by atoms with Crippen LogP contribution in [0.3, 0.4) is 0 Å². The van der Waals surface area contributed by atoms with Crippen molar-refractivity contribution in [2.24, 2.45) is 0 Å². The molecule has 0 amide bonds. The van der Waals surface area contributed by atoms with Gasteiger partial charge in [0.05, 0.1) is 11.6 Å². The van der Waals surface area contributed by atoms with Gasteiger partial charge in [0.25, 0.3) is 0 Å². The van der Waals surface area contributed by atoms with Crippen LogP contribution in [0.5, 0.6) is 0 Å². The van der Waals surface area contributed by atoms with E-state index in [4.69, 9.17) is 5.26 Å². The normalized spacial score (nSPS) is 17.3. The summed E-state index contributed by atoms with van der Waals surface area (Å²) in [5, 5.41) is 14.5. The minimum atomic E-state index is -0.452. The average Bonchev–Trinajstić information content (AvgIpc) is 3.04. The summed E-state index contributed by atoms with van der Waals surface area (Å²) < 4.78 is 13.6. The SMILES string of the molecule is N#Cc1cc([C@H](c2cccs2)N2CCNCC2)ccc1F. The maximum absolute atomic E-state index is 13.6. The maximum atomic E-state index is 13.6. The lowest BCUT2D eigenvalue weighted by Crippen LogP contribution is -2.45. The van der Waals surface area contributed by atoms with Gasteiger partial charge in [0.2, 0.25) is 0 Å². The quantitative estimate of drug-likeness (QED) is 0.947. The smallest absolute Gasteiger partial charge is 0.140 e. The van der Waals surface area contributed by atoms with Crippen LogP contribution in [0, 0.1) is 17.1 Å². The Morgan fingerprint density at radius 2 is 2.10 bits per heavy atom. The Morgan fingerprint density at radius 3 is 2.76 bits per heavy atom. The van der Waals surface area contributed by atoms with Crippen LogP contribution in [0.15, 0.2) is 35.7 Å². The van der Waals surface area contributed by atoms with Crippen LogP contribution in [0.4, 0.5) is 4.39 Å². The molecule has 1 aliphatic rings. The van der Waals surface area contributed by atoms with Gasteiger partial charge >= 0.3 is 0 Å². The monoisotopic (exact) mass is 301 g/mol. The number of halogens is 1. The summed E-state index contributed by atoms with van der Waals surface area (Å²) in [5.41, 5.74) is 1.10. The molecule has 0 radical (unpaired) electrons. The molecule has 3 rings (SSSR count). The van der Waals surface area contributed by atoms with Crippen LogP contribution in [0.2, 0.25) is 0 Å². The van der Waals surface area contributed by atoms with Crippen LogP contribution < -0.4 is 5.32 Å². The van der Waals surface area contributed by atoms with Crippen LogP contribution in [-0.4, -0.2) is 31.1 Å². The van der Waals surface area contributed by atoms with E-state index in [0.29, 0.717) is 0 Å². The summed E-state index contributed by atoms with van der Waals surface area (Å²) in [6, 6.07) is 11.0. The molecule has 0 spiro atoms. The van der Waals surface area contributed by atoms with E-state index >= 15 is 0 Å². The fraction of sp³-hybridized carbons (Fsp3) is 0.312. The van der Waals surface area contributed by atoms with E-state index in [1.807, 2.05) is 12.1 Å². The van der Waals surface area contributed by atoms with Crippen molar-refractivity contribution in [3.8, 4) is 6.07 Å². The number of rotatable bonds is 3. The lowest BCUT2D eigenvalue weighted by Gasteiger charge is -2.34. The molecule has 0 unspecified atom stereocenters. The van der Waals surface area contributed by atoms with Crippen molar-refractivity contribution in [1.82, 2.24) is 10.2 Å². The van der Waals surface area contributed by atoms with E-state index in [1.54, 1.807) is 23.5 Å². The molecule has 0 aliphatic carbocycles. The average molecular weight is 301 g/mol. The molecule has 21 heavy (non-hydrogen) atoms. The molecule has 5 heteroatoms. The number of nitrogens with one attached hydrogen (secondary N) is 1. The van der Waals surface area contributed by atoms with Gasteiger partial charge in [-0.1, -0.05) is 12.1 Å². The number of nitrogens with zero attached hydrogens (tertiary/aromatic N) is 2. The van der Waals surface area contributed by atoms with Crippen molar-refractivity contribution in [3.05, 3.63) is 57.5 Å². The van der Waals surface area contributed by atoms with Crippen LogP contribution in [-0.2, 0) is 0 Å². The number of nitriles is 1. The first-order valence-electron chi connectivity index (χ1n) is 6.97. The Morgan fingerprint density at radius 1 is 1.29 bits per heavy atom. The third-order valence-electron chi connectivity index (χ3n) is 3.76. The Balaban J connectivity index is 2.01. The Kier molecular flexibility index (Phi) is 4.30. The summed E-state index contributed by atoms with van der Waals surface area (Å²) in [7, 11) is 0. The van der Waals surface area contributed by atoms with Gasteiger partial charge in [-0.05, 0) is 29.1 Å². The summed E-state index contributed by atoms with van der Waals surface area (Å²) in [6.07, 6.45) is 0. The van der Waals surface area contributed by atoms with Crippen molar-refractivity contribution in [3.63, 3.8) is 0 Å². The summed E-state index contributed by atoms with van der Waals surface area (Å²) in [5.74, 6) is -0.452. The molecule has 0 bridgehead atoms. The lowest BCUT2D eigenvalue weighted by atomic mass is 10.0. The predicted octanol–water partition coefficient (Wildman–Crippen LogP) is 2.75. The second-order valence-electron chi connectivity index (χ2n) is 5.06. The van der Waals surface area contributed by atoms with E-state index in [9.17, 15) is 4.39 Å². The van der Waals surface area contributed by atoms with E-state index < -0.39 is 5.82 Å². The van der Waals surface area contributed by atoms with Gasteiger partial charge in [-0.3, -0.25) is 4.90 Å². The zero-order valence-electron chi connectivity index (χ0n) is 11.6. The van der Waals surface area contributed by atoms with E-state index in [1.165, 1.54) is 10.9 Å². The minimum absolute atomic E-state index is 0.0970. The Labute approximate surface area is 127 Å². The predicted molar refractivity (Wildman–Crippen MR) is 81.7 cm³/mol. The molecule has 1 fully saturated rings. The highest BCUT2D eigenvalue weighted by Crippen LogP contribution is 2.32. The number of thiophene rings is 1. The highest BCUT2D eigenvalue weighted by atomic mass is 32.1. The summed E-state index contributed by atoms with van der Waals surface area (Å²) in [4.78, 5) is 3.61. The van der Waals surface area contributed by atoms with Gasteiger partial charge in [-0.25, -0.2) is 4.39 Å². The fourth-order valence-electron chi connectivity index (χ4n) is 2.74. The van der Waals surface area contributed by atoms with Gasteiger partial charge in [-0.15, -0.1) is 11.3 Å². The number of benzene rings is 1. The van der Waals surface area contributed by atoms with Crippen molar-refractivity contribution in [2.75, 3.05) is 26.2 Å². The van der Waals surface area contributed by atoms with E-state index in [0.717, 1.165) is 31.7 Å². The highest BCUT2D eigenvalue weighted by molar-refractivity contribution is 7.10. The molecule has 1 aliphatic heterocycles. The van der Waals surface area contributed by atoms with E-state index in [2.05, 4.69) is 21.7 Å². The lowest BCUT2D eigenvalue weighted by molar-refractivity contribution is 0.200. The van der Waals surface area contributed by atoms with Gasteiger partial charge < -0.3 is 5.32 Å². The molecular weight excluding hydrogens is 285 g/mol. The molecule has 108 valence electrons. The van der Waals surface area contributed by atoms with Crippen molar-refractivity contribution >= 4 is 11.3 Å². The van der Waals surface area contributed by atoms with Crippen LogP contribution in [0.25, 0.3) is 0 Å². The molecular formula is C16H16FN3S. The first kappa shape index (κ1) is 14.2. The standard InChI is InChI=1S/C16H16FN3S/c17-14-4-3-12(10-13(14)11-18)16(15-2-1-9-21-15)20-7-5-19-6-8-20/h1-4,9-10,16,19H,5-8H2/t16-/m1/s1. The van der Waals surface area contributed by atoms with Crippen LogP contribution >= 0.6 is 11.3 Å². The molecule has 1 N–H and O–H groups in total. The van der Waals surface area contributed by atoms with Gasteiger partial charge in [0, 0.05) is 31.1 Å². The first-order chi connectivity index (χ1) is 10.3. The zero-order valence-corrected chi connectivity index (χ0v) is 12.4. The largest absolute Gasteiger partial charge is 0.314 e. The molecule has 3 nitrogen and oxygen atoms in total. The Bertz CT molecular complexity index is 642. The van der Waals surface area contributed by atoms with Crippen LogP contribution in [0.1, 0.15) is 22.0 Å². The fourth-order valence-corrected chi connectivity index (χ4v) is 3.63. The molecule has 0 saturated carbocycles. The minimum Gasteiger partial charge on any atom is -0.314 e. The number of piperazine rings is 1. The third kappa shape index (κ3) is 2.98. The van der Waals surface area contributed by atoms with Gasteiger partial charge in [-0.2, -0.15) is 5.26 Å². The highest BCUT2D eigenvalue weighted by Gasteiger charge is 2.25. The molecule has 1 aromatic carbocycles. The molecule has 2 aromatic rings. The van der Waals surface area contributed by atoms with Gasteiger partial charge in [0.1, 0.15) is 11.9 Å². The molecule has 1 aromatic heterocycles. The second kappa shape index (κ2) is 6.35. The summed E-state index contributed by atoms with van der Waals surface area (Å²) >= 11 is 1.70. The van der Waals surface area contributed by atoms with E-state index in [-0.39, 0.29) is 11.6 Å². The van der Waals surface area contributed by atoms with Crippen molar-refractivity contribution < 1.29 is 4.39 Å². The van der Waals surface area contributed by atoms with Gasteiger partial charge in [0.15, 0.2) is 0 Å². The zero-order chi connectivity index (χ0) is 14.7. The molecule has 1 atom stereocenters. The first-order valence-corrected chi connectivity index (χ1v) is 7.85. The third-order valence-corrected chi connectivity index (χ3v) is 4.68. The van der Waals surface area contributed by atoms with Crippen molar-refractivity contribution in [2.45, 2.75) is 6.04 Å². The Hall–Kier alpha value is -1.74. The number of hydrogen-bond donors (Lipinski definition) is 1. The maximum Gasteiger partial charge on any atom is 0.140 e. The molecule has 1 saturated heterocycles. The summed E-state index contributed by atoms with van der Waals surface area (Å²) in [6.45, 7) is 3.80. The second-order valence-corrected chi connectivity index (χ2v) is 6.03. The molecule has 2 heterocycles. The topological polar surface area (TPSA) is 39.1 Å². The number of hydrogen-bond acceptors (Lipinski definition) is 4. The van der Waals surface area contributed by atoms with Crippen molar-refractivity contribution in [1.29, 1.82) is 5.26 Å².